The highest BCUT2D eigenvalue weighted by Crippen LogP contribution is 2.68. The second kappa shape index (κ2) is 6.24. The molecule has 1 saturated heterocycles. The van der Waals surface area contributed by atoms with E-state index < -0.39 is 17.3 Å². The summed E-state index contributed by atoms with van der Waals surface area (Å²) in [6.45, 7) is 1.47. The normalized spacial score (nSPS) is 21.8. The zero-order valence-corrected chi connectivity index (χ0v) is 15.9. The molecule has 1 aliphatic carbocycles. The minimum Gasteiger partial charge on any atom is -0.295 e. The Balaban J connectivity index is 1.60. The van der Waals surface area contributed by atoms with Gasteiger partial charge < -0.3 is 0 Å². The van der Waals surface area contributed by atoms with E-state index in [4.69, 9.17) is 0 Å². The monoisotopic (exact) mass is 381 g/mol. The summed E-state index contributed by atoms with van der Waals surface area (Å²) in [6, 6.07) is 26.3. The van der Waals surface area contributed by atoms with Gasteiger partial charge in [0.05, 0.1) is 17.5 Å². The Kier molecular flexibility index (Phi) is 3.78. The fourth-order valence-corrected chi connectivity index (χ4v) is 4.88. The van der Waals surface area contributed by atoms with Crippen LogP contribution in [0.5, 0.6) is 0 Å². The van der Waals surface area contributed by atoms with Gasteiger partial charge in [0.1, 0.15) is 0 Å². The molecule has 1 heterocycles. The molecule has 1 aliphatic heterocycles. The average molecular weight is 381 g/mol. The summed E-state index contributed by atoms with van der Waals surface area (Å²) in [5, 5.41) is 0. The third-order valence-electron chi connectivity index (χ3n) is 6.19. The van der Waals surface area contributed by atoms with Crippen molar-refractivity contribution in [2.75, 3.05) is 4.90 Å². The molecule has 5 rings (SSSR count). The third-order valence-corrected chi connectivity index (χ3v) is 6.19. The number of anilines is 1. The van der Waals surface area contributed by atoms with Crippen molar-refractivity contribution in [2.24, 2.45) is 11.8 Å². The fraction of sp³-hybridized carbons (Fsp3) is 0.160. The number of ketones is 1. The molecule has 2 amide bonds. The zero-order chi connectivity index (χ0) is 20.2. The van der Waals surface area contributed by atoms with Gasteiger partial charge in [-0.05, 0) is 30.2 Å². The van der Waals surface area contributed by atoms with Crippen molar-refractivity contribution in [3.05, 3.63) is 102 Å². The molecule has 2 fully saturated rings. The van der Waals surface area contributed by atoms with Crippen molar-refractivity contribution in [3.63, 3.8) is 0 Å². The number of fused-ring (bicyclic) bond motifs is 1. The lowest BCUT2D eigenvalue weighted by Gasteiger charge is -2.26. The largest absolute Gasteiger partial charge is 0.295 e. The Morgan fingerprint density at radius 1 is 0.759 bits per heavy atom. The maximum absolute atomic E-state index is 13.4. The van der Waals surface area contributed by atoms with Crippen LogP contribution in [0.4, 0.5) is 5.69 Å². The summed E-state index contributed by atoms with van der Waals surface area (Å²) in [7, 11) is 0. The number of hydrogen-bond donors (Lipinski definition) is 0. The van der Waals surface area contributed by atoms with Crippen LogP contribution in [0.15, 0.2) is 84.9 Å². The SMILES string of the molecule is CC(=O)c1cccc(N2C(=O)C3C(C2=O)C3(c2ccccc2)c2ccccc2)c1. The van der Waals surface area contributed by atoms with E-state index in [0.717, 1.165) is 11.1 Å². The third kappa shape index (κ3) is 2.35. The number of benzene rings is 3. The van der Waals surface area contributed by atoms with Crippen LogP contribution >= 0.6 is 0 Å². The van der Waals surface area contributed by atoms with Crippen LogP contribution in [0, 0.1) is 11.8 Å². The number of imide groups is 1. The van der Waals surface area contributed by atoms with E-state index in [2.05, 4.69) is 0 Å². The Morgan fingerprint density at radius 2 is 1.28 bits per heavy atom. The van der Waals surface area contributed by atoms with Crippen LogP contribution in [-0.4, -0.2) is 17.6 Å². The molecule has 142 valence electrons. The van der Waals surface area contributed by atoms with Gasteiger partial charge in [0.15, 0.2) is 5.78 Å². The van der Waals surface area contributed by atoms with E-state index in [-0.39, 0.29) is 17.6 Å². The average Bonchev–Trinajstić information content (AvgIpc) is 3.39. The molecule has 2 atom stereocenters. The molecule has 4 nitrogen and oxygen atoms in total. The fourth-order valence-electron chi connectivity index (χ4n) is 4.88. The molecule has 0 aromatic heterocycles. The Morgan fingerprint density at radius 3 is 1.76 bits per heavy atom. The van der Waals surface area contributed by atoms with Crippen LogP contribution in [0.3, 0.4) is 0 Å². The summed E-state index contributed by atoms with van der Waals surface area (Å²) in [4.78, 5) is 39.8. The first-order valence-corrected chi connectivity index (χ1v) is 9.66. The lowest BCUT2D eigenvalue weighted by atomic mass is 9.83. The predicted octanol–water partition coefficient (Wildman–Crippen LogP) is 3.99. The van der Waals surface area contributed by atoms with Crippen molar-refractivity contribution in [1.82, 2.24) is 0 Å². The van der Waals surface area contributed by atoms with Crippen LogP contribution in [0.2, 0.25) is 0 Å². The number of amides is 2. The summed E-state index contributed by atoms with van der Waals surface area (Å²) in [5.41, 5.74) is 2.31. The quantitative estimate of drug-likeness (QED) is 0.507. The number of hydrogen-bond acceptors (Lipinski definition) is 3. The molecule has 3 aromatic carbocycles. The van der Waals surface area contributed by atoms with Crippen molar-refractivity contribution >= 4 is 23.3 Å². The van der Waals surface area contributed by atoms with Crippen LogP contribution < -0.4 is 4.90 Å². The Hall–Kier alpha value is -3.53. The molecule has 0 spiro atoms. The smallest absolute Gasteiger partial charge is 0.239 e. The van der Waals surface area contributed by atoms with Crippen molar-refractivity contribution < 1.29 is 14.4 Å². The summed E-state index contributed by atoms with van der Waals surface area (Å²) in [5.74, 6) is -1.36. The van der Waals surface area contributed by atoms with E-state index >= 15 is 0 Å². The van der Waals surface area contributed by atoms with E-state index in [1.807, 2.05) is 60.7 Å². The highest BCUT2D eigenvalue weighted by atomic mass is 16.2. The minimum absolute atomic E-state index is 0.0981. The molecule has 2 unspecified atom stereocenters. The zero-order valence-electron chi connectivity index (χ0n) is 15.9. The predicted molar refractivity (Wildman–Crippen MR) is 110 cm³/mol. The van der Waals surface area contributed by atoms with Gasteiger partial charge in [-0.1, -0.05) is 72.8 Å². The molecule has 0 N–H and O–H groups in total. The van der Waals surface area contributed by atoms with Crippen molar-refractivity contribution in [2.45, 2.75) is 12.3 Å². The van der Waals surface area contributed by atoms with Crippen LogP contribution in [0.1, 0.15) is 28.4 Å². The molecule has 1 saturated carbocycles. The van der Waals surface area contributed by atoms with Crippen molar-refractivity contribution in [1.29, 1.82) is 0 Å². The lowest BCUT2D eigenvalue weighted by Crippen LogP contribution is -2.39. The van der Waals surface area contributed by atoms with E-state index in [1.54, 1.807) is 24.3 Å². The van der Waals surface area contributed by atoms with Crippen molar-refractivity contribution in [3.8, 4) is 0 Å². The number of carbonyl (C=O) groups excluding carboxylic acids is 3. The lowest BCUT2D eigenvalue weighted by molar-refractivity contribution is -0.124. The molecule has 3 aromatic rings. The molecule has 2 aliphatic rings. The summed E-state index contributed by atoms with van der Waals surface area (Å²) >= 11 is 0. The minimum atomic E-state index is -0.620. The molecule has 0 radical (unpaired) electrons. The van der Waals surface area contributed by atoms with Gasteiger partial charge in [0.25, 0.3) is 0 Å². The van der Waals surface area contributed by atoms with Gasteiger partial charge in [0, 0.05) is 11.0 Å². The Labute approximate surface area is 168 Å². The van der Waals surface area contributed by atoms with Crippen LogP contribution in [0.25, 0.3) is 0 Å². The topological polar surface area (TPSA) is 54.5 Å². The number of nitrogens with zero attached hydrogens (tertiary/aromatic N) is 1. The second-order valence-electron chi connectivity index (χ2n) is 7.67. The first kappa shape index (κ1) is 17.6. The second-order valence-corrected chi connectivity index (χ2v) is 7.67. The van der Waals surface area contributed by atoms with Crippen LogP contribution in [-0.2, 0) is 15.0 Å². The van der Waals surface area contributed by atoms with Gasteiger partial charge in [-0.2, -0.15) is 0 Å². The molecule has 0 bridgehead atoms. The first-order valence-electron chi connectivity index (χ1n) is 9.66. The number of Topliss-reactive ketones (excluding diaryl/α,β-unsaturated/α-hetero) is 1. The van der Waals surface area contributed by atoms with Gasteiger partial charge in [-0.15, -0.1) is 0 Å². The molecular formula is C25H19NO3. The summed E-state index contributed by atoms with van der Waals surface area (Å²) < 4.78 is 0. The van der Waals surface area contributed by atoms with Gasteiger partial charge in [-0.3, -0.25) is 14.4 Å². The van der Waals surface area contributed by atoms with Gasteiger partial charge >= 0.3 is 0 Å². The highest BCUT2D eigenvalue weighted by Gasteiger charge is 2.78. The number of piperidine rings is 1. The molecule has 29 heavy (non-hydrogen) atoms. The molecule has 4 heteroatoms. The van der Waals surface area contributed by atoms with Gasteiger partial charge in [0.2, 0.25) is 11.8 Å². The van der Waals surface area contributed by atoms with E-state index in [1.165, 1.54) is 11.8 Å². The number of carbonyl (C=O) groups is 3. The first-order chi connectivity index (χ1) is 14.1. The van der Waals surface area contributed by atoms with Gasteiger partial charge in [-0.25, -0.2) is 4.90 Å². The highest BCUT2D eigenvalue weighted by molar-refractivity contribution is 6.27. The molecular weight excluding hydrogens is 362 g/mol. The maximum Gasteiger partial charge on any atom is 0.239 e. The Bertz CT molecular complexity index is 1070. The number of rotatable bonds is 4. The van der Waals surface area contributed by atoms with E-state index in [0.29, 0.717) is 11.3 Å². The summed E-state index contributed by atoms with van der Waals surface area (Å²) in [6.07, 6.45) is 0. The standard InChI is InChI=1S/C25H19NO3/c1-16(27)17-9-8-14-20(15-17)26-23(28)21-22(24(26)29)25(21,18-10-4-2-5-11-18)19-12-6-3-7-13-19/h2-15,21-22H,1H3. The van der Waals surface area contributed by atoms with E-state index in [9.17, 15) is 14.4 Å². The maximum atomic E-state index is 13.4.